The highest BCUT2D eigenvalue weighted by Crippen LogP contribution is 2.01. The van der Waals surface area contributed by atoms with Gasteiger partial charge in [-0.15, -0.1) is 0 Å². The van der Waals surface area contributed by atoms with Gasteiger partial charge in [-0.05, 0) is 23.6 Å². The standard InChI is InChI=1S/C12H17N3O3/c1-8(2)10(11(16)17)15-12(18)14-7-9-3-5-13-6-4-9/h3-6,8,10H,7H2,1-2H3,(H,16,17)(H2,14,15,18). The smallest absolute Gasteiger partial charge is 0.326 e. The van der Waals surface area contributed by atoms with Crippen molar-refractivity contribution in [2.24, 2.45) is 5.92 Å². The molecule has 0 saturated heterocycles. The van der Waals surface area contributed by atoms with Gasteiger partial charge in [-0.2, -0.15) is 0 Å². The molecule has 0 aliphatic rings. The lowest BCUT2D eigenvalue weighted by Crippen LogP contribution is -2.48. The van der Waals surface area contributed by atoms with Crippen LogP contribution in [-0.4, -0.2) is 28.1 Å². The van der Waals surface area contributed by atoms with Crippen LogP contribution in [-0.2, 0) is 11.3 Å². The molecule has 0 aromatic carbocycles. The second kappa shape index (κ2) is 6.58. The average molecular weight is 251 g/mol. The number of hydrogen-bond acceptors (Lipinski definition) is 3. The van der Waals surface area contributed by atoms with Crippen LogP contribution in [0.25, 0.3) is 0 Å². The minimum atomic E-state index is -1.04. The fraction of sp³-hybridized carbons (Fsp3) is 0.417. The lowest BCUT2D eigenvalue weighted by Gasteiger charge is -2.18. The van der Waals surface area contributed by atoms with Crippen LogP contribution in [0, 0.1) is 5.92 Å². The predicted molar refractivity (Wildman–Crippen MR) is 65.9 cm³/mol. The Morgan fingerprint density at radius 2 is 1.94 bits per heavy atom. The van der Waals surface area contributed by atoms with Crippen LogP contribution in [0.4, 0.5) is 4.79 Å². The van der Waals surface area contributed by atoms with Crippen molar-refractivity contribution in [2.75, 3.05) is 0 Å². The number of urea groups is 1. The van der Waals surface area contributed by atoms with Crippen molar-refractivity contribution in [3.05, 3.63) is 30.1 Å². The van der Waals surface area contributed by atoms with Crippen molar-refractivity contribution in [3.63, 3.8) is 0 Å². The van der Waals surface area contributed by atoms with E-state index in [0.29, 0.717) is 6.54 Å². The summed E-state index contributed by atoms with van der Waals surface area (Å²) in [5.74, 6) is -1.21. The minimum absolute atomic E-state index is 0.172. The van der Waals surface area contributed by atoms with Gasteiger partial charge in [0.2, 0.25) is 0 Å². The summed E-state index contributed by atoms with van der Waals surface area (Å²) in [4.78, 5) is 26.3. The Kier molecular flexibility index (Phi) is 5.10. The van der Waals surface area contributed by atoms with E-state index >= 15 is 0 Å². The molecule has 0 spiro atoms. The summed E-state index contributed by atoms with van der Waals surface area (Å²) in [5, 5.41) is 13.9. The van der Waals surface area contributed by atoms with Crippen LogP contribution >= 0.6 is 0 Å². The van der Waals surface area contributed by atoms with Gasteiger partial charge < -0.3 is 15.7 Å². The SMILES string of the molecule is CC(C)C(NC(=O)NCc1ccncc1)C(=O)O. The molecule has 0 saturated carbocycles. The number of aromatic nitrogens is 1. The van der Waals surface area contributed by atoms with Crippen LogP contribution in [0.1, 0.15) is 19.4 Å². The van der Waals surface area contributed by atoms with E-state index in [1.807, 2.05) is 0 Å². The Labute approximate surface area is 105 Å². The van der Waals surface area contributed by atoms with Gasteiger partial charge in [0.25, 0.3) is 0 Å². The number of amides is 2. The van der Waals surface area contributed by atoms with E-state index in [9.17, 15) is 9.59 Å². The highest BCUT2D eigenvalue weighted by Gasteiger charge is 2.22. The maximum absolute atomic E-state index is 11.5. The largest absolute Gasteiger partial charge is 0.480 e. The molecule has 98 valence electrons. The number of aliphatic carboxylic acids is 1. The molecule has 1 heterocycles. The molecule has 1 unspecified atom stereocenters. The lowest BCUT2D eigenvalue weighted by atomic mass is 10.1. The molecule has 2 amide bonds. The Morgan fingerprint density at radius 3 is 2.44 bits per heavy atom. The van der Waals surface area contributed by atoms with E-state index < -0.39 is 18.0 Å². The lowest BCUT2D eigenvalue weighted by molar-refractivity contribution is -0.140. The molecule has 0 fully saturated rings. The fourth-order valence-corrected chi connectivity index (χ4v) is 1.39. The first-order chi connectivity index (χ1) is 8.50. The molecular formula is C12H17N3O3. The zero-order chi connectivity index (χ0) is 13.5. The second-order valence-electron chi connectivity index (χ2n) is 4.24. The summed E-state index contributed by atoms with van der Waals surface area (Å²) >= 11 is 0. The number of nitrogens with zero attached hydrogens (tertiary/aromatic N) is 1. The van der Waals surface area contributed by atoms with E-state index in [-0.39, 0.29) is 5.92 Å². The molecule has 18 heavy (non-hydrogen) atoms. The number of pyridine rings is 1. The monoisotopic (exact) mass is 251 g/mol. The topological polar surface area (TPSA) is 91.3 Å². The van der Waals surface area contributed by atoms with Gasteiger partial charge >= 0.3 is 12.0 Å². The Hall–Kier alpha value is -2.11. The van der Waals surface area contributed by atoms with Crippen molar-refractivity contribution < 1.29 is 14.7 Å². The van der Waals surface area contributed by atoms with Crippen molar-refractivity contribution in [1.29, 1.82) is 0 Å². The van der Waals surface area contributed by atoms with E-state index in [0.717, 1.165) is 5.56 Å². The molecule has 0 aliphatic heterocycles. The Bertz CT molecular complexity index is 406. The van der Waals surface area contributed by atoms with Crippen molar-refractivity contribution in [2.45, 2.75) is 26.4 Å². The van der Waals surface area contributed by atoms with Gasteiger partial charge in [0, 0.05) is 18.9 Å². The minimum Gasteiger partial charge on any atom is -0.480 e. The van der Waals surface area contributed by atoms with Crippen LogP contribution in [0.2, 0.25) is 0 Å². The zero-order valence-electron chi connectivity index (χ0n) is 10.4. The maximum atomic E-state index is 11.5. The average Bonchev–Trinajstić information content (AvgIpc) is 2.34. The molecule has 6 nitrogen and oxygen atoms in total. The van der Waals surface area contributed by atoms with E-state index in [4.69, 9.17) is 5.11 Å². The summed E-state index contributed by atoms with van der Waals surface area (Å²) in [6.07, 6.45) is 3.26. The molecule has 0 aliphatic carbocycles. The van der Waals surface area contributed by atoms with E-state index in [1.165, 1.54) is 0 Å². The third-order valence-corrected chi connectivity index (χ3v) is 2.42. The van der Waals surface area contributed by atoms with Gasteiger partial charge in [0.1, 0.15) is 6.04 Å². The summed E-state index contributed by atoms with van der Waals surface area (Å²) < 4.78 is 0. The molecule has 3 N–H and O–H groups in total. The number of carbonyl (C=O) groups excluding carboxylic acids is 1. The van der Waals surface area contributed by atoms with Crippen LogP contribution in [0.5, 0.6) is 0 Å². The summed E-state index contributed by atoms with van der Waals surface area (Å²) in [6, 6.07) is 2.17. The first-order valence-corrected chi connectivity index (χ1v) is 5.66. The molecule has 1 atom stereocenters. The van der Waals surface area contributed by atoms with E-state index in [1.54, 1.807) is 38.4 Å². The van der Waals surface area contributed by atoms with Gasteiger partial charge in [-0.25, -0.2) is 9.59 Å². The Balaban J connectivity index is 2.44. The molecule has 6 heteroatoms. The second-order valence-corrected chi connectivity index (χ2v) is 4.24. The first kappa shape index (κ1) is 14.0. The number of carboxylic acids is 1. The summed E-state index contributed by atoms with van der Waals surface area (Å²) in [7, 11) is 0. The maximum Gasteiger partial charge on any atom is 0.326 e. The molecule has 0 bridgehead atoms. The molecule has 1 aromatic heterocycles. The van der Waals surface area contributed by atoms with Gasteiger partial charge in [0.15, 0.2) is 0 Å². The molecule has 1 rings (SSSR count). The summed E-state index contributed by atoms with van der Waals surface area (Å²) in [5.41, 5.74) is 0.900. The number of nitrogens with one attached hydrogen (secondary N) is 2. The van der Waals surface area contributed by atoms with Gasteiger partial charge in [-0.3, -0.25) is 4.98 Å². The normalized spacial score (nSPS) is 11.9. The van der Waals surface area contributed by atoms with Crippen molar-refractivity contribution in [1.82, 2.24) is 15.6 Å². The highest BCUT2D eigenvalue weighted by atomic mass is 16.4. The number of hydrogen-bond donors (Lipinski definition) is 3. The predicted octanol–water partition coefficient (Wildman–Crippen LogP) is 0.990. The highest BCUT2D eigenvalue weighted by molar-refractivity contribution is 5.82. The van der Waals surface area contributed by atoms with Crippen LogP contribution in [0.3, 0.4) is 0 Å². The third-order valence-electron chi connectivity index (χ3n) is 2.42. The van der Waals surface area contributed by atoms with Crippen molar-refractivity contribution in [3.8, 4) is 0 Å². The number of carbonyl (C=O) groups is 2. The first-order valence-electron chi connectivity index (χ1n) is 5.66. The van der Waals surface area contributed by atoms with Crippen LogP contribution < -0.4 is 10.6 Å². The fourth-order valence-electron chi connectivity index (χ4n) is 1.39. The van der Waals surface area contributed by atoms with Crippen molar-refractivity contribution >= 4 is 12.0 Å². The van der Waals surface area contributed by atoms with Crippen LogP contribution in [0.15, 0.2) is 24.5 Å². The summed E-state index contributed by atoms with van der Waals surface area (Å²) in [6.45, 7) is 3.81. The van der Waals surface area contributed by atoms with Gasteiger partial charge in [-0.1, -0.05) is 13.8 Å². The molecule has 1 aromatic rings. The number of carboxylic acid groups (broad SMARTS) is 1. The zero-order valence-corrected chi connectivity index (χ0v) is 10.4. The third kappa shape index (κ3) is 4.40. The van der Waals surface area contributed by atoms with E-state index in [2.05, 4.69) is 15.6 Å². The number of rotatable bonds is 5. The van der Waals surface area contributed by atoms with Gasteiger partial charge in [0.05, 0.1) is 0 Å². The molecule has 0 radical (unpaired) electrons. The quantitative estimate of drug-likeness (QED) is 0.727. The molecular weight excluding hydrogens is 234 g/mol. The Morgan fingerprint density at radius 1 is 1.33 bits per heavy atom.